The molecule has 0 atom stereocenters. The van der Waals surface area contributed by atoms with Crippen LogP contribution in [0.4, 0.5) is 0 Å². The van der Waals surface area contributed by atoms with Crippen LogP contribution in [-0.2, 0) is 0 Å². The number of ether oxygens (including phenoxy) is 1. The van der Waals surface area contributed by atoms with Gasteiger partial charge in [0.1, 0.15) is 5.75 Å². The number of hydrogen-bond donors (Lipinski definition) is 1. The van der Waals surface area contributed by atoms with Gasteiger partial charge in [0.25, 0.3) is 5.91 Å². The van der Waals surface area contributed by atoms with E-state index >= 15 is 0 Å². The highest BCUT2D eigenvalue weighted by atomic mass is 16.5. The third kappa shape index (κ3) is 3.54. The fraction of sp³-hybridized carbons (Fsp3) is 0.350. The number of fused-ring (bicyclic) bond motifs is 1. The molecular weight excluding hydrogens is 328 g/mol. The van der Waals surface area contributed by atoms with E-state index < -0.39 is 0 Å². The predicted molar refractivity (Wildman–Crippen MR) is 98.3 cm³/mol. The molecule has 0 bridgehead atoms. The Morgan fingerprint density at radius 1 is 1.19 bits per heavy atom. The number of amides is 1. The molecule has 1 saturated carbocycles. The minimum atomic E-state index is -0.110. The summed E-state index contributed by atoms with van der Waals surface area (Å²) < 4.78 is 7.79. The fourth-order valence-corrected chi connectivity index (χ4v) is 3.41. The van der Waals surface area contributed by atoms with Gasteiger partial charge in [0.05, 0.1) is 17.3 Å². The Kier molecular flexibility index (Phi) is 4.56. The van der Waals surface area contributed by atoms with E-state index in [0.29, 0.717) is 5.69 Å². The number of aromatic nitrogens is 3. The monoisotopic (exact) mass is 350 g/mol. The molecule has 4 rings (SSSR count). The molecule has 1 amide bonds. The van der Waals surface area contributed by atoms with Crippen LogP contribution in [0, 0.1) is 6.92 Å². The van der Waals surface area contributed by atoms with Gasteiger partial charge in [-0.15, -0.1) is 0 Å². The van der Waals surface area contributed by atoms with Crippen molar-refractivity contribution in [2.45, 2.75) is 44.8 Å². The molecular formula is C20H22N4O2. The van der Waals surface area contributed by atoms with Gasteiger partial charge >= 0.3 is 0 Å². The van der Waals surface area contributed by atoms with Crippen LogP contribution < -0.4 is 10.1 Å². The molecule has 3 heterocycles. The van der Waals surface area contributed by atoms with Crippen molar-refractivity contribution in [2.75, 3.05) is 0 Å². The molecule has 1 aliphatic rings. The molecule has 1 fully saturated rings. The minimum Gasteiger partial charge on any atom is -0.489 e. The number of rotatable bonds is 4. The Hall–Kier alpha value is -2.89. The number of carbonyl (C=O) groups excluding carboxylic acids is 1. The van der Waals surface area contributed by atoms with E-state index in [1.807, 2.05) is 49.5 Å². The first-order valence-electron chi connectivity index (χ1n) is 9.02. The van der Waals surface area contributed by atoms with Crippen LogP contribution in [0.5, 0.6) is 5.75 Å². The van der Waals surface area contributed by atoms with Gasteiger partial charge < -0.3 is 10.1 Å². The lowest BCUT2D eigenvalue weighted by molar-refractivity contribution is 0.0888. The van der Waals surface area contributed by atoms with E-state index in [4.69, 9.17) is 4.74 Å². The summed E-state index contributed by atoms with van der Waals surface area (Å²) in [5.41, 5.74) is 2.29. The van der Waals surface area contributed by atoms with Gasteiger partial charge in [-0.1, -0.05) is 6.07 Å². The lowest BCUT2D eigenvalue weighted by atomic mass is 9.93. The van der Waals surface area contributed by atoms with Crippen LogP contribution in [0.3, 0.4) is 0 Å². The first-order valence-corrected chi connectivity index (χ1v) is 9.02. The molecule has 0 saturated heterocycles. The van der Waals surface area contributed by atoms with Crippen molar-refractivity contribution in [3.8, 4) is 5.75 Å². The van der Waals surface area contributed by atoms with Gasteiger partial charge in [-0.2, -0.15) is 5.10 Å². The Bertz CT molecular complexity index is 880. The summed E-state index contributed by atoms with van der Waals surface area (Å²) in [6, 6.07) is 11.6. The molecule has 6 heteroatoms. The quantitative estimate of drug-likeness (QED) is 0.785. The topological polar surface area (TPSA) is 68.5 Å². The Balaban J connectivity index is 1.32. The SMILES string of the molecule is Cc1ncccc1OC1CCC(NC(=O)c2cc3ccccn3n2)CC1. The van der Waals surface area contributed by atoms with E-state index in [0.717, 1.165) is 42.6 Å². The summed E-state index contributed by atoms with van der Waals surface area (Å²) in [4.78, 5) is 16.7. The standard InChI is InChI=1S/C20H22N4O2/c1-14-19(6-4-11-21-14)26-17-9-7-15(8-10-17)22-20(25)18-13-16-5-2-3-12-24(16)23-18/h2-6,11-13,15,17H,7-10H2,1H3,(H,22,25). The molecule has 134 valence electrons. The van der Waals surface area contributed by atoms with Gasteiger partial charge in [0.15, 0.2) is 5.69 Å². The van der Waals surface area contributed by atoms with Crippen molar-refractivity contribution in [3.63, 3.8) is 0 Å². The summed E-state index contributed by atoms with van der Waals surface area (Å²) in [6.45, 7) is 1.95. The Labute approximate surface area is 152 Å². The van der Waals surface area contributed by atoms with Crippen LogP contribution >= 0.6 is 0 Å². The van der Waals surface area contributed by atoms with Gasteiger partial charge in [-0.05, 0) is 62.9 Å². The minimum absolute atomic E-state index is 0.110. The molecule has 3 aromatic rings. The predicted octanol–water partition coefficient (Wildman–Crippen LogP) is 3.16. The molecule has 1 N–H and O–H groups in total. The van der Waals surface area contributed by atoms with Crippen LogP contribution in [0.1, 0.15) is 41.9 Å². The maximum Gasteiger partial charge on any atom is 0.272 e. The van der Waals surface area contributed by atoms with Crippen LogP contribution in [0.2, 0.25) is 0 Å². The van der Waals surface area contributed by atoms with E-state index in [-0.39, 0.29) is 18.1 Å². The average Bonchev–Trinajstić information content (AvgIpc) is 3.10. The number of pyridine rings is 2. The third-order valence-electron chi connectivity index (χ3n) is 4.86. The highest BCUT2D eigenvalue weighted by Gasteiger charge is 2.25. The number of aryl methyl sites for hydroxylation is 1. The van der Waals surface area contributed by atoms with E-state index in [2.05, 4.69) is 15.4 Å². The zero-order valence-corrected chi connectivity index (χ0v) is 14.8. The van der Waals surface area contributed by atoms with E-state index in [9.17, 15) is 4.79 Å². The van der Waals surface area contributed by atoms with Crippen LogP contribution in [0.25, 0.3) is 5.52 Å². The highest BCUT2D eigenvalue weighted by Crippen LogP contribution is 2.25. The van der Waals surface area contributed by atoms with Crippen molar-refractivity contribution in [3.05, 3.63) is 60.2 Å². The van der Waals surface area contributed by atoms with Gasteiger partial charge in [-0.3, -0.25) is 9.78 Å². The molecule has 0 aliphatic heterocycles. The van der Waals surface area contributed by atoms with Crippen molar-refractivity contribution in [1.82, 2.24) is 19.9 Å². The zero-order chi connectivity index (χ0) is 17.9. The summed E-state index contributed by atoms with van der Waals surface area (Å²) in [7, 11) is 0. The van der Waals surface area contributed by atoms with Crippen molar-refractivity contribution in [2.24, 2.45) is 0 Å². The smallest absolute Gasteiger partial charge is 0.272 e. The molecule has 0 spiro atoms. The molecule has 3 aromatic heterocycles. The molecule has 6 nitrogen and oxygen atoms in total. The number of hydrogen-bond acceptors (Lipinski definition) is 4. The second-order valence-electron chi connectivity index (χ2n) is 6.75. The van der Waals surface area contributed by atoms with Crippen molar-refractivity contribution >= 4 is 11.4 Å². The fourth-order valence-electron chi connectivity index (χ4n) is 3.41. The van der Waals surface area contributed by atoms with E-state index in [1.54, 1.807) is 10.7 Å². The Morgan fingerprint density at radius 2 is 2.04 bits per heavy atom. The van der Waals surface area contributed by atoms with Crippen LogP contribution in [-0.4, -0.2) is 32.7 Å². The average molecular weight is 350 g/mol. The second-order valence-corrected chi connectivity index (χ2v) is 6.75. The largest absolute Gasteiger partial charge is 0.489 e. The summed E-state index contributed by atoms with van der Waals surface area (Å²) in [5.74, 6) is 0.742. The normalized spacial score (nSPS) is 20.0. The molecule has 26 heavy (non-hydrogen) atoms. The molecule has 0 radical (unpaired) electrons. The summed E-state index contributed by atoms with van der Waals surface area (Å²) >= 11 is 0. The molecule has 1 aliphatic carbocycles. The maximum absolute atomic E-state index is 12.5. The zero-order valence-electron chi connectivity index (χ0n) is 14.8. The highest BCUT2D eigenvalue weighted by molar-refractivity contribution is 5.93. The van der Waals surface area contributed by atoms with Crippen molar-refractivity contribution < 1.29 is 9.53 Å². The van der Waals surface area contributed by atoms with Crippen LogP contribution in [0.15, 0.2) is 48.8 Å². The Morgan fingerprint density at radius 3 is 2.81 bits per heavy atom. The van der Waals surface area contributed by atoms with Gasteiger partial charge in [0.2, 0.25) is 0 Å². The summed E-state index contributed by atoms with van der Waals surface area (Å²) in [6.07, 6.45) is 7.45. The number of carbonyl (C=O) groups is 1. The maximum atomic E-state index is 12.5. The lowest BCUT2D eigenvalue weighted by Gasteiger charge is -2.29. The lowest BCUT2D eigenvalue weighted by Crippen LogP contribution is -2.39. The van der Waals surface area contributed by atoms with Crippen molar-refractivity contribution in [1.29, 1.82) is 0 Å². The first-order chi connectivity index (χ1) is 12.7. The second kappa shape index (κ2) is 7.15. The first kappa shape index (κ1) is 16.6. The molecule has 0 aromatic carbocycles. The van der Waals surface area contributed by atoms with Gasteiger partial charge in [-0.25, -0.2) is 4.52 Å². The third-order valence-corrected chi connectivity index (χ3v) is 4.86. The molecule has 0 unspecified atom stereocenters. The van der Waals surface area contributed by atoms with E-state index in [1.165, 1.54) is 0 Å². The number of nitrogens with zero attached hydrogens (tertiary/aromatic N) is 3. The number of nitrogens with one attached hydrogen (secondary N) is 1. The van der Waals surface area contributed by atoms with Gasteiger partial charge in [0, 0.05) is 18.4 Å². The summed E-state index contributed by atoms with van der Waals surface area (Å²) in [5, 5.41) is 7.44.